The Balaban J connectivity index is 2.29. The number of rotatable bonds is 3. The lowest BCUT2D eigenvalue weighted by Gasteiger charge is -2.17. The van der Waals surface area contributed by atoms with E-state index in [1.807, 2.05) is 31.3 Å². The zero-order valence-electron chi connectivity index (χ0n) is 8.98. The predicted octanol–water partition coefficient (Wildman–Crippen LogP) is 3.63. The van der Waals surface area contributed by atoms with E-state index in [1.54, 1.807) is 11.3 Å². The first kappa shape index (κ1) is 11.5. The van der Waals surface area contributed by atoms with Gasteiger partial charge < -0.3 is 10.6 Å². The standard InChI is InChI=1S/C12H13ClN2S/c1-15(12-6-5-11(13)16-12)10-4-2-3-9(7-10)8-14/h2-7H,8,14H2,1H3. The third-order valence-corrected chi connectivity index (χ3v) is 3.73. The number of nitrogens with two attached hydrogens (primary N) is 1. The van der Waals surface area contributed by atoms with Crippen molar-refractivity contribution in [3.8, 4) is 0 Å². The van der Waals surface area contributed by atoms with Gasteiger partial charge in [-0.15, -0.1) is 11.3 Å². The van der Waals surface area contributed by atoms with Crippen LogP contribution in [0.1, 0.15) is 5.56 Å². The minimum atomic E-state index is 0.562. The lowest BCUT2D eigenvalue weighted by molar-refractivity contribution is 1.07. The van der Waals surface area contributed by atoms with Crippen LogP contribution in [0.25, 0.3) is 0 Å². The molecule has 0 amide bonds. The van der Waals surface area contributed by atoms with Crippen molar-refractivity contribution in [1.29, 1.82) is 0 Å². The molecule has 1 heterocycles. The SMILES string of the molecule is CN(c1cccc(CN)c1)c1ccc(Cl)s1. The molecule has 0 aliphatic rings. The third kappa shape index (κ3) is 2.38. The first-order valence-corrected chi connectivity index (χ1v) is 6.18. The Morgan fingerprint density at radius 1 is 1.31 bits per heavy atom. The average Bonchev–Trinajstić information content (AvgIpc) is 2.75. The summed E-state index contributed by atoms with van der Waals surface area (Å²) in [4.78, 5) is 2.11. The van der Waals surface area contributed by atoms with Crippen molar-refractivity contribution >= 4 is 33.6 Å². The summed E-state index contributed by atoms with van der Waals surface area (Å²) in [5.74, 6) is 0. The molecule has 0 atom stereocenters. The van der Waals surface area contributed by atoms with Crippen LogP contribution in [0.5, 0.6) is 0 Å². The van der Waals surface area contributed by atoms with Crippen molar-refractivity contribution in [1.82, 2.24) is 0 Å². The highest BCUT2D eigenvalue weighted by atomic mass is 35.5. The summed E-state index contributed by atoms with van der Waals surface area (Å²) in [5, 5.41) is 1.12. The Labute approximate surface area is 104 Å². The second kappa shape index (κ2) is 4.87. The Kier molecular flexibility index (Phi) is 3.49. The molecule has 84 valence electrons. The monoisotopic (exact) mass is 252 g/mol. The molecule has 0 unspecified atom stereocenters. The van der Waals surface area contributed by atoms with Crippen LogP contribution in [0.2, 0.25) is 4.34 Å². The van der Waals surface area contributed by atoms with E-state index in [0.717, 1.165) is 20.6 Å². The summed E-state index contributed by atoms with van der Waals surface area (Å²) in [5.41, 5.74) is 7.88. The smallest absolute Gasteiger partial charge is 0.0966 e. The van der Waals surface area contributed by atoms with Gasteiger partial charge in [-0.2, -0.15) is 0 Å². The largest absolute Gasteiger partial charge is 0.336 e. The number of hydrogen-bond acceptors (Lipinski definition) is 3. The fourth-order valence-electron chi connectivity index (χ4n) is 1.50. The quantitative estimate of drug-likeness (QED) is 0.904. The van der Waals surface area contributed by atoms with Gasteiger partial charge in [0.25, 0.3) is 0 Å². The van der Waals surface area contributed by atoms with Crippen molar-refractivity contribution in [3.05, 3.63) is 46.3 Å². The van der Waals surface area contributed by atoms with Gasteiger partial charge in [0.2, 0.25) is 0 Å². The van der Waals surface area contributed by atoms with Crippen LogP contribution in [0, 0.1) is 0 Å². The summed E-state index contributed by atoms with van der Waals surface area (Å²) in [7, 11) is 2.03. The van der Waals surface area contributed by atoms with Gasteiger partial charge in [-0.25, -0.2) is 0 Å². The topological polar surface area (TPSA) is 29.3 Å². The second-order valence-corrected chi connectivity index (χ2v) is 5.20. The van der Waals surface area contributed by atoms with Crippen LogP contribution < -0.4 is 10.6 Å². The molecule has 4 heteroatoms. The molecule has 0 radical (unpaired) electrons. The number of halogens is 1. The van der Waals surface area contributed by atoms with Gasteiger partial charge in [0, 0.05) is 19.3 Å². The van der Waals surface area contributed by atoms with Crippen LogP contribution in [0.3, 0.4) is 0 Å². The van der Waals surface area contributed by atoms with E-state index in [4.69, 9.17) is 17.3 Å². The van der Waals surface area contributed by atoms with Gasteiger partial charge in [0.1, 0.15) is 0 Å². The van der Waals surface area contributed by atoms with E-state index in [9.17, 15) is 0 Å². The minimum absolute atomic E-state index is 0.562. The summed E-state index contributed by atoms with van der Waals surface area (Å²) in [6, 6.07) is 12.1. The molecule has 2 nitrogen and oxygen atoms in total. The molecule has 1 aromatic heterocycles. The number of benzene rings is 1. The highest BCUT2D eigenvalue weighted by molar-refractivity contribution is 7.20. The van der Waals surface area contributed by atoms with Crippen LogP contribution in [-0.4, -0.2) is 7.05 Å². The molecule has 16 heavy (non-hydrogen) atoms. The van der Waals surface area contributed by atoms with Gasteiger partial charge in [-0.05, 0) is 29.8 Å². The molecule has 1 aromatic carbocycles. The van der Waals surface area contributed by atoms with Crippen molar-refractivity contribution < 1.29 is 0 Å². The maximum atomic E-state index is 5.92. The minimum Gasteiger partial charge on any atom is -0.336 e. The van der Waals surface area contributed by atoms with Crippen LogP contribution in [0.4, 0.5) is 10.7 Å². The third-order valence-electron chi connectivity index (χ3n) is 2.42. The molecular weight excluding hydrogens is 240 g/mol. The number of thiophene rings is 1. The molecule has 0 bridgehead atoms. The normalized spacial score (nSPS) is 10.4. The van der Waals surface area contributed by atoms with Crippen LogP contribution in [0.15, 0.2) is 36.4 Å². The first-order valence-electron chi connectivity index (χ1n) is 4.99. The fraction of sp³-hybridized carbons (Fsp3) is 0.167. The molecule has 0 aliphatic carbocycles. The number of anilines is 2. The summed E-state index contributed by atoms with van der Waals surface area (Å²) < 4.78 is 0.803. The van der Waals surface area contributed by atoms with E-state index < -0.39 is 0 Å². The molecule has 0 spiro atoms. The lowest BCUT2D eigenvalue weighted by atomic mass is 10.2. The maximum Gasteiger partial charge on any atom is 0.0966 e. The Morgan fingerprint density at radius 2 is 2.12 bits per heavy atom. The van der Waals surface area contributed by atoms with E-state index >= 15 is 0 Å². The zero-order chi connectivity index (χ0) is 11.5. The van der Waals surface area contributed by atoms with Crippen LogP contribution in [-0.2, 0) is 6.54 Å². The van der Waals surface area contributed by atoms with Crippen LogP contribution >= 0.6 is 22.9 Å². The molecular formula is C12H13ClN2S. The van der Waals surface area contributed by atoms with Crippen molar-refractivity contribution in [2.45, 2.75) is 6.54 Å². The summed E-state index contributed by atoms with van der Waals surface area (Å²) in [6.07, 6.45) is 0. The second-order valence-electron chi connectivity index (χ2n) is 3.51. The van der Waals surface area contributed by atoms with E-state index in [-0.39, 0.29) is 0 Å². The molecule has 0 aliphatic heterocycles. The zero-order valence-corrected chi connectivity index (χ0v) is 10.6. The van der Waals surface area contributed by atoms with Gasteiger partial charge in [0.15, 0.2) is 0 Å². The molecule has 2 aromatic rings. The van der Waals surface area contributed by atoms with E-state index in [1.165, 1.54) is 0 Å². The van der Waals surface area contributed by atoms with Gasteiger partial charge in [-0.3, -0.25) is 0 Å². The maximum absolute atomic E-state index is 5.92. The number of hydrogen-bond donors (Lipinski definition) is 1. The molecule has 0 saturated carbocycles. The Bertz CT molecular complexity index is 481. The number of nitrogens with zero attached hydrogens (tertiary/aromatic N) is 1. The molecule has 0 fully saturated rings. The van der Waals surface area contributed by atoms with E-state index in [0.29, 0.717) is 6.54 Å². The van der Waals surface area contributed by atoms with Gasteiger partial charge >= 0.3 is 0 Å². The molecule has 2 rings (SSSR count). The van der Waals surface area contributed by atoms with Crippen molar-refractivity contribution in [3.63, 3.8) is 0 Å². The fourth-order valence-corrected chi connectivity index (χ4v) is 2.52. The highest BCUT2D eigenvalue weighted by Crippen LogP contribution is 2.33. The Morgan fingerprint density at radius 3 is 2.75 bits per heavy atom. The average molecular weight is 253 g/mol. The van der Waals surface area contributed by atoms with E-state index in [2.05, 4.69) is 17.0 Å². The molecule has 2 N–H and O–H groups in total. The predicted molar refractivity (Wildman–Crippen MR) is 71.7 cm³/mol. The Hall–Kier alpha value is -1.03. The van der Waals surface area contributed by atoms with Crippen molar-refractivity contribution in [2.75, 3.05) is 11.9 Å². The summed E-state index contributed by atoms with van der Waals surface area (Å²) >= 11 is 7.49. The molecule has 0 saturated heterocycles. The van der Waals surface area contributed by atoms with Crippen molar-refractivity contribution in [2.24, 2.45) is 5.73 Å². The first-order chi connectivity index (χ1) is 7.70. The lowest BCUT2D eigenvalue weighted by Crippen LogP contribution is -2.08. The van der Waals surface area contributed by atoms with Gasteiger partial charge in [-0.1, -0.05) is 23.7 Å². The highest BCUT2D eigenvalue weighted by Gasteiger charge is 2.06. The van der Waals surface area contributed by atoms with Gasteiger partial charge in [0.05, 0.1) is 9.34 Å². The summed E-state index contributed by atoms with van der Waals surface area (Å²) in [6.45, 7) is 0.562.